The second-order valence-electron chi connectivity index (χ2n) is 5.93. The number of benzene rings is 1. The average Bonchev–Trinajstić information content (AvgIpc) is 3.31. The van der Waals surface area contributed by atoms with Crippen LogP contribution >= 0.6 is 45.9 Å². The monoisotopic (exact) mass is 453 g/mol. The zero-order valence-electron chi connectivity index (χ0n) is 14.9. The highest BCUT2D eigenvalue weighted by atomic mass is 35.5. The molecule has 0 unspecified atom stereocenters. The molecule has 1 aromatic carbocycles. The molecule has 28 heavy (non-hydrogen) atoms. The lowest BCUT2D eigenvalue weighted by Crippen LogP contribution is -2.37. The molecule has 3 rings (SSSR count). The van der Waals surface area contributed by atoms with Crippen molar-refractivity contribution in [1.29, 1.82) is 0 Å². The highest BCUT2D eigenvalue weighted by Gasteiger charge is 2.10. The van der Waals surface area contributed by atoms with Gasteiger partial charge in [0.15, 0.2) is 0 Å². The second kappa shape index (κ2) is 9.52. The van der Waals surface area contributed by atoms with E-state index in [-0.39, 0.29) is 18.4 Å². The molecule has 0 fully saturated rings. The van der Waals surface area contributed by atoms with Crippen molar-refractivity contribution in [2.45, 2.75) is 13.3 Å². The molecule has 146 valence electrons. The topological polar surface area (TPSA) is 71.1 Å². The molecule has 0 atom stereocenters. The number of carbonyl (C=O) groups is 2. The number of hydrogen-bond acceptors (Lipinski definition) is 5. The third-order valence-electron chi connectivity index (χ3n) is 3.82. The minimum absolute atomic E-state index is 0.104. The quantitative estimate of drug-likeness (QED) is 0.549. The molecule has 5 nitrogen and oxygen atoms in total. The summed E-state index contributed by atoms with van der Waals surface area (Å²) in [5.41, 5.74) is 1.35. The number of nitrogens with one attached hydrogen (secondary N) is 2. The number of halogens is 2. The molecule has 2 amide bonds. The van der Waals surface area contributed by atoms with Gasteiger partial charge in [0.05, 0.1) is 32.2 Å². The van der Waals surface area contributed by atoms with Crippen LogP contribution in [0.4, 0.5) is 0 Å². The molecular formula is C19H17Cl2N3O2S2. The molecule has 0 saturated heterocycles. The van der Waals surface area contributed by atoms with E-state index >= 15 is 0 Å². The van der Waals surface area contributed by atoms with Crippen LogP contribution < -0.4 is 10.6 Å². The van der Waals surface area contributed by atoms with Crippen LogP contribution in [0.2, 0.25) is 10.0 Å². The number of nitrogens with zero attached hydrogens (tertiary/aromatic N) is 1. The maximum atomic E-state index is 12.1. The molecule has 0 bridgehead atoms. The Bertz CT molecular complexity index is 1000. The van der Waals surface area contributed by atoms with Crippen molar-refractivity contribution in [2.24, 2.45) is 0 Å². The predicted molar refractivity (Wildman–Crippen MR) is 116 cm³/mol. The first kappa shape index (κ1) is 20.8. The predicted octanol–water partition coefficient (Wildman–Crippen LogP) is 4.58. The lowest BCUT2D eigenvalue weighted by atomic mass is 10.2. The Balaban J connectivity index is 1.41. The van der Waals surface area contributed by atoms with Crippen LogP contribution in [0.3, 0.4) is 0 Å². The Labute approximate surface area is 180 Å². The van der Waals surface area contributed by atoms with Gasteiger partial charge in [-0.3, -0.25) is 9.59 Å². The van der Waals surface area contributed by atoms with Crippen molar-refractivity contribution < 1.29 is 9.59 Å². The van der Waals surface area contributed by atoms with Crippen molar-refractivity contribution in [3.05, 3.63) is 61.2 Å². The molecule has 2 aromatic heterocycles. The van der Waals surface area contributed by atoms with Crippen molar-refractivity contribution in [2.75, 3.05) is 13.1 Å². The number of thiazole rings is 1. The van der Waals surface area contributed by atoms with E-state index in [9.17, 15) is 9.59 Å². The van der Waals surface area contributed by atoms with Gasteiger partial charge in [-0.2, -0.15) is 0 Å². The van der Waals surface area contributed by atoms with Crippen LogP contribution in [-0.2, 0) is 11.2 Å². The summed E-state index contributed by atoms with van der Waals surface area (Å²) in [7, 11) is 0. The number of carbonyl (C=O) groups excluding carboxylic acids is 2. The van der Waals surface area contributed by atoms with Gasteiger partial charge in [0.2, 0.25) is 5.91 Å². The average molecular weight is 454 g/mol. The molecule has 0 aliphatic carbocycles. The van der Waals surface area contributed by atoms with Gasteiger partial charge in [-0.25, -0.2) is 4.98 Å². The van der Waals surface area contributed by atoms with E-state index in [2.05, 4.69) is 15.6 Å². The van der Waals surface area contributed by atoms with Crippen LogP contribution in [0, 0.1) is 6.92 Å². The maximum Gasteiger partial charge on any atom is 0.251 e. The van der Waals surface area contributed by atoms with Crippen LogP contribution in [0.1, 0.15) is 20.2 Å². The fourth-order valence-corrected chi connectivity index (χ4v) is 4.37. The standard InChI is InChI=1S/C19H17Cl2N3O2S2/c1-11-24-16(10-27-11)17-5-3-13(28-17)6-7-22-18(25)9-23-19(26)12-2-4-14(20)15(21)8-12/h2-5,8,10H,6-7,9H2,1H3,(H,22,25)(H,23,26). The first-order valence-electron chi connectivity index (χ1n) is 8.43. The molecule has 0 saturated carbocycles. The van der Waals surface area contributed by atoms with E-state index in [1.165, 1.54) is 10.9 Å². The van der Waals surface area contributed by atoms with Crippen molar-refractivity contribution in [3.63, 3.8) is 0 Å². The van der Waals surface area contributed by atoms with Gasteiger partial charge in [-0.1, -0.05) is 23.2 Å². The van der Waals surface area contributed by atoms with Gasteiger partial charge in [-0.05, 0) is 43.7 Å². The fourth-order valence-electron chi connectivity index (χ4n) is 2.41. The molecule has 2 heterocycles. The van der Waals surface area contributed by atoms with Crippen LogP contribution in [0.25, 0.3) is 10.6 Å². The van der Waals surface area contributed by atoms with Gasteiger partial charge >= 0.3 is 0 Å². The van der Waals surface area contributed by atoms with Crippen LogP contribution in [-0.4, -0.2) is 29.9 Å². The second-order valence-corrected chi connectivity index (χ2v) is 8.97. The summed E-state index contributed by atoms with van der Waals surface area (Å²) < 4.78 is 0. The Morgan fingerprint density at radius 3 is 2.64 bits per heavy atom. The number of rotatable bonds is 7. The number of amides is 2. The van der Waals surface area contributed by atoms with E-state index in [1.54, 1.807) is 34.8 Å². The van der Waals surface area contributed by atoms with Crippen molar-refractivity contribution in [3.8, 4) is 10.6 Å². The SMILES string of the molecule is Cc1nc(-c2ccc(CCNC(=O)CNC(=O)c3ccc(Cl)c(Cl)c3)s2)cs1. The van der Waals surface area contributed by atoms with Crippen molar-refractivity contribution in [1.82, 2.24) is 15.6 Å². The Morgan fingerprint density at radius 1 is 1.11 bits per heavy atom. The fraction of sp³-hybridized carbons (Fsp3) is 0.211. The van der Waals surface area contributed by atoms with Gasteiger partial charge in [0.1, 0.15) is 0 Å². The summed E-state index contributed by atoms with van der Waals surface area (Å²) in [6.07, 6.45) is 0.722. The third-order valence-corrected chi connectivity index (χ3v) is 6.50. The van der Waals surface area contributed by atoms with E-state index in [0.717, 1.165) is 22.0 Å². The van der Waals surface area contributed by atoms with Crippen LogP contribution in [0.15, 0.2) is 35.7 Å². The highest BCUT2D eigenvalue weighted by Crippen LogP contribution is 2.29. The minimum Gasteiger partial charge on any atom is -0.354 e. The molecule has 0 radical (unpaired) electrons. The molecule has 0 aliphatic rings. The molecule has 3 aromatic rings. The molecule has 0 spiro atoms. The van der Waals surface area contributed by atoms with E-state index in [4.69, 9.17) is 23.2 Å². The first-order valence-corrected chi connectivity index (χ1v) is 10.9. The highest BCUT2D eigenvalue weighted by molar-refractivity contribution is 7.16. The van der Waals surface area contributed by atoms with Gasteiger partial charge < -0.3 is 10.6 Å². The van der Waals surface area contributed by atoms with E-state index in [1.807, 2.05) is 24.4 Å². The number of aromatic nitrogens is 1. The summed E-state index contributed by atoms with van der Waals surface area (Å²) in [6.45, 7) is 2.38. The Kier molecular flexibility index (Phi) is 7.07. The smallest absolute Gasteiger partial charge is 0.251 e. The summed E-state index contributed by atoms with van der Waals surface area (Å²) in [4.78, 5) is 30.8. The van der Waals surface area contributed by atoms with Gasteiger partial charge in [0, 0.05) is 22.4 Å². The number of hydrogen-bond donors (Lipinski definition) is 2. The van der Waals surface area contributed by atoms with E-state index < -0.39 is 0 Å². The summed E-state index contributed by atoms with van der Waals surface area (Å²) in [5, 5.41) is 9.12. The number of thiophene rings is 1. The summed E-state index contributed by atoms with van der Waals surface area (Å²) in [5.74, 6) is -0.629. The minimum atomic E-state index is -0.379. The Morgan fingerprint density at radius 2 is 1.93 bits per heavy atom. The number of aryl methyl sites for hydroxylation is 1. The normalized spacial score (nSPS) is 10.7. The van der Waals surface area contributed by atoms with Gasteiger partial charge in [-0.15, -0.1) is 22.7 Å². The lowest BCUT2D eigenvalue weighted by Gasteiger charge is -2.07. The van der Waals surface area contributed by atoms with Gasteiger partial charge in [0.25, 0.3) is 5.91 Å². The van der Waals surface area contributed by atoms with E-state index in [0.29, 0.717) is 22.2 Å². The maximum absolute atomic E-state index is 12.1. The molecule has 0 aliphatic heterocycles. The molecular weight excluding hydrogens is 437 g/mol. The molecule has 2 N–H and O–H groups in total. The zero-order chi connectivity index (χ0) is 20.1. The van der Waals surface area contributed by atoms with Crippen molar-refractivity contribution >= 4 is 57.7 Å². The lowest BCUT2D eigenvalue weighted by molar-refractivity contribution is -0.120. The zero-order valence-corrected chi connectivity index (χ0v) is 18.1. The summed E-state index contributed by atoms with van der Waals surface area (Å²) >= 11 is 15.0. The third kappa shape index (κ3) is 5.54. The largest absolute Gasteiger partial charge is 0.354 e. The summed E-state index contributed by atoms with van der Waals surface area (Å²) in [6, 6.07) is 8.66. The van der Waals surface area contributed by atoms with Crippen LogP contribution in [0.5, 0.6) is 0 Å². The first-order chi connectivity index (χ1) is 13.4. The molecule has 9 heteroatoms. The Hall–Kier alpha value is -1.93.